The number of hydrogen-bond donors (Lipinski definition) is 6. The average molecular weight is 535 g/mol. The highest BCUT2D eigenvalue weighted by atomic mass is 32.1. The second kappa shape index (κ2) is 10.6. The monoisotopic (exact) mass is 534 g/mol. The van der Waals surface area contributed by atoms with Gasteiger partial charge in [0, 0.05) is 10.9 Å². The highest BCUT2D eigenvalue weighted by Crippen LogP contribution is 2.42. The molecule has 1 aliphatic carbocycles. The van der Waals surface area contributed by atoms with Gasteiger partial charge in [0.25, 0.3) is 0 Å². The first-order chi connectivity index (χ1) is 17.7. The van der Waals surface area contributed by atoms with Crippen LogP contribution in [0.3, 0.4) is 0 Å². The summed E-state index contributed by atoms with van der Waals surface area (Å²) in [6.45, 7) is 1.81. The summed E-state index contributed by atoms with van der Waals surface area (Å²) < 4.78 is 18.1. The van der Waals surface area contributed by atoms with Crippen molar-refractivity contribution in [2.45, 2.75) is 80.5 Å². The maximum absolute atomic E-state index is 13.0. The summed E-state index contributed by atoms with van der Waals surface area (Å²) in [5.41, 5.74) is 1.60. The van der Waals surface area contributed by atoms with Gasteiger partial charge in [0.15, 0.2) is 0 Å². The Morgan fingerprint density at radius 1 is 1.11 bits per heavy atom. The lowest BCUT2D eigenvalue weighted by Gasteiger charge is -2.58. The molecule has 1 saturated carbocycles. The van der Waals surface area contributed by atoms with E-state index >= 15 is 0 Å². The molecule has 2 aromatic rings. The van der Waals surface area contributed by atoms with Crippen LogP contribution < -0.4 is 16.0 Å². The highest BCUT2D eigenvalue weighted by molar-refractivity contribution is 7.13. The molecule has 37 heavy (non-hydrogen) atoms. The number of thiazole rings is 1. The van der Waals surface area contributed by atoms with Crippen molar-refractivity contribution in [2.75, 3.05) is 14.1 Å². The van der Waals surface area contributed by atoms with Crippen LogP contribution >= 0.6 is 11.3 Å². The lowest BCUT2D eigenvalue weighted by molar-refractivity contribution is -0.449. The molecule has 0 radical (unpaired) electrons. The molecule has 11 nitrogen and oxygen atoms in total. The molecule has 3 heterocycles. The fourth-order valence-corrected chi connectivity index (χ4v) is 6.35. The van der Waals surface area contributed by atoms with Crippen LogP contribution in [-0.4, -0.2) is 101 Å². The Bertz CT molecular complexity index is 1090. The van der Waals surface area contributed by atoms with E-state index in [2.05, 4.69) is 20.9 Å². The zero-order chi connectivity index (χ0) is 26.3. The van der Waals surface area contributed by atoms with Crippen molar-refractivity contribution >= 4 is 17.2 Å². The maximum Gasteiger partial charge on any atom is 0.239 e. The lowest BCUT2D eigenvalue weighted by atomic mass is 9.79. The molecule has 2 aliphatic heterocycles. The van der Waals surface area contributed by atoms with Crippen LogP contribution in [0.25, 0.3) is 10.6 Å². The molecule has 0 bridgehead atoms. The van der Waals surface area contributed by atoms with Gasteiger partial charge in [-0.05, 0) is 27.4 Å². The van der Waals surface area contributed by atoms with Crippen molar-refractivity contribution < 1.29 is 34.3 Å². The van der Waals surface area contributed by atoms with Crippen LogP contribution in [0.15, 0.2) is 35.7 Å². The number of nitrogens with zero attached hydrogens (tertiary/aromatic N) is 1. The summed E-state index contributed by atoms with van der Waals surface area (Å²) in [7, 11) is 3.30. The second-order valence-corrected chi connectivity index (χ2v) is 10.7. The zero-order valence-corrected chi connectivity index (χ0v) is 21.7. The van der Waals surface area contributed by atoms with Gasteiger partial charge in [-0.3, -0.25) is 4.79 Å². The molecule has 2 saturated heterocycles. The largest absolute Gasteiger partial charge is 0.390 e. The third-order valence-corrected chi connectivity index (χ3v) is 8.34. The van der Waals surface area contributed by atoms with Crippen molar-refractivity contribution in [3.8, 4) is 10.6 Å². The fraction of sp³-hybridized carbons (Fsp3) is 0.600. The van der Waals surface area contributed by atoms with Gasteiger partial charge in [-0.25, -0.2) is 4.98 Å². The lowest BCUT2D eigenvalue weighted by Crippen LogP contribution is -2.79. The Balaban J connectivity index is 1.32. The minimum absolute atomic E-state index is 0.0309. The quantitative estimate of drug-likeness (QED) is 0.282. The third-order valence-electron chi connectivity index (χ3n) is 7.40. The molecular weight excluding hydrogens is 500 g/mol. The normalized spacial score (nSPS) is 39.5. The Kier molecular flexibility index (Phi) is 7.65. The summed E-state index contributed by atoms with van der Waals surface area (Å²) in [4.78, 5) is 17.6. The number of aromatic nitrogens is 1. The Morgan fingerprint density at radius 2 is 1.84 bits per heavy atom. The topological polar surface area (TPSA) is 154 Å². The minimum atomic E-state index is -2.03. The molecule has 202 valence electrons. The zero-order valence-electron chi connectivity index (χ0n) is 20.9. The van der Waals surface area contributed by atoms with Crippen LogP contribution in [-0.2, 0) is 25.4 Å². The molecule has 0 spiro atoms. The first-order valence-electron chi connectivity index (χ1n) is 12.5. The number of benzene rings is 1. The number of aliphatic hydroxyl groups excluding tert-OH is 2. The van der Waals surface area contributed by atoms with Gasteiger partial charge in [0.1, 0.15) is 23.3 Å². The van der Waals surface area contributed by atoms with Gasteiger partial charge in [-0.1, -0.05) is 30.3 Å². The number of fused-ring (bicyclic) bond motifs is 2. The van der Waals surface area contributed by atoms with Crippen molar-refractivity contribution in [1.29, 1.82) is 0 Å². The Hall–Kier alpha value is -2.00. The van der Waals surface area contributed by atoms with E-state index in [1.807, 2.05) is 42.6 Å². The summed E-state index contributed by atoms with van der Waals surface area (Å²) in [5, 5.41) is 44.9. The standard InChI is InChI=1S/C25H34N4O7S/c1-12-9-15(29-16(30)10-14-11-37-23(28-14)13-7-5-4-6-8-13)25(33)24(34-12)35-22-20(32)17(26-2)19(31)18(27-3)21(22)36-25/h4-8,11-12,15,17-22,24,26-27,31-33H,9-10H2,1-3H3,(H,29,30)/t12-,15-,17-,18+,19+,20+,21?,22?,24?,25+/m1/s1. The summed E-state index contributed by atoms with van der Waals surface area (Å²) in [6, 6.07) is 7.55. The number of aliphatic hydroxyl groups is 3. The van der Waals surface area contributed by atoms with Gasteiger partial charge in [0.05, 0.1) is 42.4 Å². The number of carbonyl (C=O) groups is 1. The van der Waals surface area contributed by atoms with Crippen LogP contribution in [0.5, 0.6) is 0 Å². The van der Waals surface area contributed by atoms with Crippen molar-refractivity contribution in [2.24, 2.45) is 0 Å². The van der Waals surface area contributed by atoms with Gasteiger partial charge in [-0.2, -0.15) is 0 Å². The number of nitrogens with one attached hydrogen (secondary N) is 3. The van der Waals surface area contributed by atoms with Crippen LogP contribution in [0, 0.1) is 0 Å². The number of amides is 1. The number of ether oxygens (including phenoxy) is 3. The first-order valence-corrected chi connectivity index (χ1v) is 13.3. The maximum atomic E-state index is 13.0. The average Bonchev–Trinajstić information content (AvgIpc) is 3.33. The molecule has 3 aliphatic rings. The number of carbonyl (C=O) groups excluding carboxylic acids is 1. The number of rotatable bonds is 6. The van der Waals surface area contributed by atoms with E-state index < -0.39 is 54.6 Å². The van der Waals surface area contributed by atoms with E-state index in [1.165, 1.54) is 11.3 Å². The fourth-order valence-electron chi connectivity index (χ4n) is 5.53. The molecule has 10 atom stereocenters. The molecule has 12 heteroatoms. The molecule has 3 unspecified atom stereocenters. The molecule has 6 N–H and O–H groups in total. The van der Waals surface area contributed by atoms with Crippen LogP contribution in [0.2, 0.25) is 0 Å². The van der Waals surface area contributed by atoms with E-state index in [0.717, 1.165) is 10.6 Å². The Morgan fingerprint density at radius 3 is 2.54 bits per heavy atom. The van der Waals surface area contributed by atoms with E-state index in [1.54, 1.807) is 14.1 Å². The molecule has 1 aromatic heterocycles. The molecular formula is C25H34N4O7S. The second-order valence-electron chi connectivity index (χ2n) is 9.87. The van der Waals surface area contributed by atoms with Gasteiger partial charge in [-0.15, -0.1) is 11.3 Å². The summed E-state index contributed by atoms with van der Waals surface area (Å²) in [6.07, 6.45) is -5.20. The predicted octanol–water partition coefficient (Wildman–Crippen LogP) is -0.644. The minimum Gasteiger partial charge on any atom is -0.390 e. The van der Waals surface area contributed by atoms with Crippen molar-refractivity contribution in [1.82, 2.24) is 20.9 Å². The van der Waals surface area contributed by atoms with Gasteiger partial charge in [0.2, 0.25) is 18.0 Å². The first kappa shape index (κ1) is 26.6. The van der Waals surface area contributed by atoms with E-state index in [4.69, 9.17) is 14.2 Å². The van der Waals surface area contributed by atoms with Crippen molar-refractivity contribution in [3.05, 3.63) is 41.4 Å². The number of likely N-dealkylation sites (N-methyl/N-ethyl adjacent to an activating group) is 2. The highest BCUT2D eigenvalue weighted by Gasteiger charge is 2.63. The SMILES string of the molecule is CN[C@@H]1[C@H](O)[C@H](NC)C2O[C@]3(O)C(OC2[C@H]1O)O[C@H](C)C[C@H]3NC(=O)Cc1csc(-c2ccccc2)n1. The van der Waals surface area contributed by atoms with E-state index in [0.29, 0.717) is 5.69 Å². The van der Waals surface area contributed by atoms with Gasteiger partial charge < -0.3 is 45.5 Å². The van der Waals surface area contributed by atoms with Crippen LogP contribution in [0.1, 0.15) is 19.0 Å². The van der Waals surface area contributed by atoms with Crippen LogP contribution in [0.4, 0.5) is 0 Å². The molecule has 1 aromatic carbocycles. The van der Waals surface area contributed by atoms with Gasteiger partial charge >= 0.3 is 0 Å². The molecule has 1 amide bonds. The molecule has 5 rings (SSSR count). The smallest absolute Gasteiger partial charge is 0.239 e. The predicted molar refractivity (Wildman–Crippen MR) is 135 cm³/mol. The third kappa shape index (κ3) is 4.93. The van der Waals surface area contributed by atoms with E-state index in [-0.39, 0.29) is 24.9 Å². The summed E-state index contributed by atoms with van der Waals surface area (Å²) in [5.74, 6) is -2.35. The summed E-state index contributed by atoms with van der Waals surface area (Å²) >= 11 is 1.46. The Labute approximate surface area is 219 Å². The molecule has 3 fully saturated rings. The van der Waals surface area contributed by atoms with E-state index in [9.17, 15) is 20.1 Å². The van der Waals surface area contributed by atoms with Crippen molar-refractivity contribution in [3.63, 3.8) is 0 Å². The number of hydrogen-bond acceptors (Lipinski definition) is 11.